The van der Waals surface area contributed by atoms with Crippen molar-refractivity contribution in [2.24, 2.45) is 11.8 Å². The van der Waals surface area contributed by atoms with E-state index >= 15 is 0 Å². The molecule has 0 aromatic heterocycles. The Labute approximate surface area is 170 Å². The number of hydrogen-bond donors (Lipinski definition) is 6. The number of carbonyl (C=O) groups is 2. The highest BCUT2D eigenvalue weighted by molar-refractivity contribution is 5.87. The van der Waals surface area contributed by atoms with Crippen LogP contribution in [0.1, 0.15) is 6.92 Å². The van der Waals surface area contributed by atoms with Crippen molar-refractivity contribution < 1.29 is 59.2 Å². The Hall–Kier alpha value is -2.06. The number of rotatable bonds is 6. The van der Waals surface area contributed by atoms with Crippen molar-refractivity contribution in [2.75, 3.05) is 13.2 Å². The monoisotopic (exact) mass is 432 g/mol. The van der Waals surface area contributed by atoms with Gasteiger partial charge in [0.05, 0.1) is 31.0 Å². The summed E-state index contributed by atoms with van der Waals surface area (Å²) in [5, 5.41) is 58.5. The van der Waals surface area contributed by atoms with Gasteiger partial charge in [-0.15, -0.1) is 0 Å². The van der Waals surface area contributed by atoms with E-state index in [0.29, 0.717) is 0 Å². The second kappa shape index (κ2) is 8.98. The lowest BCUT2D eigenvalue weighted by Crippen LogP contribution is -2.60. The highest BCUT2D eigenvalue weighted by atomic mass is 16.8. The third-order valence-corrected chi connectivity index (χ3v) is 5.38. The fraction of sp³-hybridized carbons (Fsp3) is 0.667. The fourth-order valence-corrected chi connectivity index (χ4v) is 3.96. The van der Waals surface area contributed by atoms with Crippen LogP contribution in [0.15, 0.2) is 23.5 Å². The highest BCUT2D eigenvalue weighted by Crippen LogP contribution is 2.45. The molecular weight excluding hydrogens is 408 g/mol. The second-order valence-electron chi connectivity index (χ2n) is 7.24. The van der Waals surface area contributed by atoms with E-state index in [1.807, 2.05) is 0 Å². The number of aliphatic carboxylic acids is 1. The molecule has 9 unspecified atom stereocenters. The van der Waals surface area contributed by atoms with Gasteiger partial charge in [0.25, 0.3) is 0 Å². The van der Waals surface area contributed by atoms with Gasteiger partial charge in [-0.1, -0.05) is 0 Å². The summed E-state index contributed by atoms with van der Waals surface area (Å²) in [6.07, 6.45) is -7.70. The fourth-order valence-electron chi connectivity index (χ4n) is 3.96. The number of carboxylic acids is 1. The van der Waals surface area contributed by atoms with Crippen molar-refractivity contribution in [3.8, 4) is 0 Å². The minimum absolute atomic E-state index is 0.209. The molecule has 1 aliphatic carbocycles. The Morgan fingerprint density at radius 3 is 2.33 bits per heavy atom. The number of carboxylic acid groups (broad SMARTS) is 1. The molecule has 1 fully saturated rings. The predicted octanol–water partition coefficient (Wildman–Crippen LogP) is -2.78. The van der Waals surface area contributed by atoms with Crippen LogP contribution < -0.4 is 0 Å². The van der Waals surface area contributed by atoms with E-state index < -0.39 is 80.1 Å². The van der Waals surface area contributed by atoms with Crippen LogP contribution in [0.4, 0.5) is 0 Å². The van der Waals surface area contributed by atoms with Gasteiger partial charge in [0.15, 0.2) is 6.29 Å². The predicted molar refractivity (Wildman–Crippen MR) is 93.1 cm³/mol. The van der Waals surface area contributed by atoms with Crippen molar-refractivity contribution >= 4 is 11.9 Å². The van der Waals surface area contributed by atoms with Crippen molar-refractivity contribution in [3.63, 3.8) is 0 Å². The first-order chi connectivity index (χ1) is 14.2. The third kappa shape index (κ3) is 4.07. The Bertz CT molecular complexity index is 731. The lowest BCUT2D eigenvalue weighted by molar-refractivity contribution is -0.340. The Morgan fingerprint density at radius 1 is 1.07 bits per heavy atom. The van der Waals surface area contributed by atoms with Gasteiger partial charge in [0, 0.05) is 12.8 Å². The molecule has 3 aliphatic rings. The largest absolute Gasteiger partial charge is 0.478 e. The first kappa shape index (κ1) is 22.6. The summed E-state index contributed by atoms with van der Waals surface area (Å²) in [6.45, 7) is -0.0172. The molecule has 0 radical (unpaired) electrons. The van der Waals surface area contributed by atoms with Crippen molar-refractivity contribution in [1.29, 1.82) is 0 Å². The zero-order valence-electron chi connectivity index (χ0n) is 15.9. The molecule has 168 valence electrons. The normalized spacial score (nSPS) is 40.7. The number of aliphatic hydroxyl groups excluding tert-OH is 5. The van der Waals surface area contributed by atoms with Crippen LogP contribution in [0.2, 0.25) is 0 Å². The van der Waals surface area contributed by atoms with Crippen LogP contribution in [0.25, 0.3) is 0 Å². The first-order valence-corrected chi connectivity index (χ1v) is 9.23. The van der Waals surface area contributed by atoms with Gasteiger partial charge in [-0.25, -0.2) is 4.79 Å². The number of hydrogen-bond acceptors (Lipinski definition) is 11. The van der Waals surface area contributed by atoms with E-state index in [9.17, 15) is 40.2 Å². The van der Waals surface area contributed by atoms with Gasteiger partial charge >= 0.3 is 11.9 Å². The molecule has 2 heterocycles. The minimum atomic E-state index is -1.71. The average Bonchev–Trinajstić information content (AvgIpc) is 3.06. The molecule has 0 aromatic rings. The number of fused-ring (bicyclic) bond motifs is 1. The first-order valence-electron chi connectivity index (χ1n) is 9.23. The van der Waals surface area contributed by atoms with E-state index in [1.165, 1.54) is 6.08 Å². The van der Waals surface area contributed by atoms with Gasteiger partial charge < -0.3 is 49.6 Å². The molecule has 0 saturated carbocycles. The molecule has 0 amide bonds. The standard InChI is InChI=1S/C18H24O12/c1-6(21)28-9-2-7(3-19)11-12(9)8(16(25)26)5-27-17(11)30-18-15(24)14(23)13(22)10(4-20)29-18/h2,5,9-15,17-20,22-24H,3-4H2,1H3,(H,25,26). The van der Waals surface area contributed by atoms with E-state index in [1.54, 1.807) is 0 Å². The molecule has 0 spiro atoms. The molecule has 3 rings (SSSR count). The number of esters is 1. The van der Waals surface area contributed by atoms with Crippen LogP contribution in [-0.2, 0) is 28.5 Å². The zero-order valence-corrected chi connectivity index (χ0v) is 15.9. The molecule has 2 aliphatic heterocycles. The lowest BCUT2D eigenvalue weighted by Gasteiger charge is -2.43. The van der Waals surface area contributed by atoms with Gasteiger partial charge in [0.2, 0.25) is 6.29 Å². The summed E-state index contributed by atoms with van der Waals surface area (Å²) < 4.78 is 21.5. The number of ether oxygens (including phenoxy) is 4. The topological polar surface area (TPSA) is 192 Å². The Morgan fingerprint density at radius 2 is 1.77 bits per heavy atom. The molecule has 6 N–H and O–H groups in total. The van der Waals surface area contributed by atoms with Gasteiger partial charge in [0.1, 0.15) is 30.5 Å². The van der Waals surface area contributed by atoms with Crippen molar-refractivity contribution in [1.82, 2.24) is 0 Å². The second-order valence-corrected chi connectivity index (χ2v) is 7.24. The van der Waals surface area contributed by atoms with E-state index in [4.69, 9.17) is 18.9 Å². The number of carbonyl (C=O) groups excluding carboxylic acids is 1. The zero-order chi connectivity index (χ0) is 22.2. The van der Waals surface area contributed by atoms with Crippen LogP contribution in [0, 0.1) is 11.8 Å². The minimum Gasteiger partial charge on any atom is -0.478 e. The molecule has 1 saturated heterocycles. The van der Waals surface area contributed by atoms with Gasteiger partial charge in [-0.05, 0) is 11.6 Å². The average molecular weight is 432 g/mol. The summed E-state index contributed by atoms with van der Waals surface area (Å²) in [6, 6.07) is 0. The van der Waals surface area contributed by atoms with Crippen LogP contribution in [-0.4, -0.2) is 98.9 Å². The van der Waals surface area contributed by atoms with E-state index in [0.717, 1.165) is 13.2 Å². The van der Waals surface area contributed by atoms with Crippen LogP contribution in [0.3, 0.4) is 0 Å². The highest BCUT2D eigenvalue weighted by Gasteiger charge is 2.53. The SMILES string of the molecule is CC(=O)OC1C=C(CO)C2C(OC3OC(CO)C(O)C(O)C3O)OC=C(C(=O)O)C12. The molecule has 9 atom stereocenters. The van der Waals surface area contributed by atoms with E-state index in [2.05, 4.69) is 0 Å². The molecule has 0 aromatic carbocycles. The van der Waals surface area contributed by atoms with Gasteiger partial charge in [-0.3, -0.25) is 4.79 Å². The van der Waals surface area contributed by atoms with Crippen LogP contribution in [0.5, 0.6) is 0 Å². The van der Waals surface area contributed by atoms with Crippen molar-refractivity contribution in [3.05, 3.63) is 23.5 Å². The smallest absolute Gasteiger partial charge is 0.335 e. The summed E-state index contributed by atoms with van der Waals surface area (Å²) >= 11 is 0. The molecular formula is C18H24O12. The van der Waals surface area contributed by atoms with Gasteiger partial charge in [-0.2, -0.15) is 0 Å². The van der Waals surface area contributed by atoms with E-state index in [-0.39, 0.29) is 11.1 Å². The summed E-state index contributed by atoms with van der Waals surface area (Å²) in [7, 11) is 0. The molecule has 30 heavy (non-hydrogen) atoms. The summed E-state index contributed by atoms with van der Waals surface area (Å²) in [5.74, 6) is -3.84. The summed E-state index contributed by atoms with van der Waals surface area (Å²) in [5.41, 5.74) is 0.0762. The van der Waals surface area contributed by atoms with Crippen LogP contribution >= 0.6 is 0 Å². The van der Waals surface area contributed by atoms with Crippen molar-refractivity contribution in [2.45, 2.75) is 50.0 Å². The lowest BCUT2D eigenvalue weighted by atomic mass is 9.82. The molecule has 12 heteroatoms. The maximum atomic E-state index is 11.7. The summed E-state index contributed by atoms with van der Waals surface area (Å²) in [4.78, 5) is 23.1. The molecule has 12 nitrogen and oxygen atoms in total. The maximum absolute atomic E-state index is 11.7. The number of aliphatic hydroxyl groups is 5. The maximum Gasteiger partial charge on any atom is 0.335 e. The Kier molecular flexibility index (Phi) is 6.77. The molecule has 0 bridgehead atoms. The third-order valence-electron chi connectivity index (χ3n) is 5.38. The Balaban J connectivity index is 1.88. The quantitative estimate of drug-likeness (QED) is 0.187.